The number of hydrogen-bond donors (Lipinski definition) is 2. The molecule has 0 spiro atoms. The Kier molecular flexibility index (Phi) is 4.19. The second kappa shape index (κ2) is 6.45. The van der Waals surface area contributed by atoms with Crippen molar-refractivity contribution in [3.8, 4) is 17.2 Å². The molecule has 2 aromatic carbocycles. The van der Waals surface area contributed by atoms with E-state index in [-0.39, 0.29) is 5.91 Å². The van der Waals surface area contributed by atoms with Gasteiger partial charge in [0.25, 0.3) is 5.91 Å². The smallest absolute Gasteiger partial charge is 0.256 e. The average molecular weight is 328 g/mol. The van der Waals surface area contributed by atoms with Crippen LogP contribution < -0.4 is 19.5 Å². The van der Waals surface area contributed by atoms with Crippen LogP contribution in [0.1, 0.15) is 10.4 Å². The van der Waals surface area contributed by atoms with Gasteiger partial charge in [0.2, 0.25) is 5.75 Å². The van der Waals surface area contributed by atoms with Crippen LogP contribution >= 0.6 is 0 Å². The maximum absolute atomic E-state index is 12.6. The molecular formula is C16H16N4O4. The molecular weight excluding hydrogens is 312 g/mol. The van der Waals surface area contributed by atoms with Gasteiger partial charge in [0.05, 0.1) is 27.0 Å². The van der Waals surface area contributed by atoms with Crippen LogP contribution in [0.15, 0.2) is 30.3 Å². The Balaban J connectivity index is 1.96. The number of aromatic nitrogens is 3. The van der Waals surface area contributed by atoms with Gasteiger partial charge in [-0.25, -0.2) is 0 Å². The molecule has 0 atom stereocenters. The third-order valence-corrected chi connectivity index (χ3v) is 3.52. The molecule has 8 nitrogen and oxygen atoms in total. The third-order valence-electron chi connectivity index (χ3n) is 3.52. The highest BCUT2D eigenvalue weighted by Gasteiger charge is 2.18. The molecule has 2 N–H and O–H groups in total. The Morgan fingerprint density at radius 3 is 2.38 bits per heavy atom. The lowest BCUT2D eigenvalue weighted by atomic mass is 10.1. The van der Waals surface area contributed by atoms with Crippen molar-refractivity contribution in [3.63, 3.8) is 0 Å². The number of nitrogens with one attached hydrogen (secondary N) is 2. The minimum absolute atomic E-state index is 0.329. The summed E-state index contributed by atoms with van der Waals surface area (Å²) in [5.41, 5.74) is 2.17. The van der Waals surface area contributed by atoms with Crippen LogP contribution in [0.3, 0.4) is 0 Å². The highest BCUT2D eigenvalue weighted by atomic mass is 16.5. The van der Waals surface area contributed by atoms with E-state index in [1.165, 1.54) is 21.3 Å². The maximum Gasteiger partial charge on any atom is 0.256 e. The molecule has 1 heterocycles. The molecule has 0 unspecified atom stereocenters. The Bertz CT molecular complexity index is 866. The van der Waals surface area contributed by atoms with E-state index in [9.17, 15) is 4.79 Å². The van der Waals surface area contributed by atoms with Gasteiger partial charge in [-0.2, -0.15) is 15.4 Å². The monoisotopic (exact) mass is 328 g/mol. The van der Waals surface area contributed by atoms with Crippen molar-refractivity contribution in [3.05, 3.63) is 35.9 Å². The van der Waals surface area contributed by atoms with E-state index < -0.39 is 0 Å². The van der Waals surface area contributed by atoms with Crippen LogP contribution in [0, 0.1) is 0 Å². The standard InChI is InChI=1S/C16H16N4O4/c1-22-12-7-9(8-13(23-2)15(12)24-3)16(21)17-10-5-4-6-11-14(10)19-20-18-11/h4-8H,1-3H3,(H,17,21)(H,18,19,20). The number of nitrogens with zero attached hydrogens (tertiary/aromatic N) is 2. The Labute approximate surface area is 137 Å². The van der Waals surface area contributed by atoms with Gasteiger partial charge in [0.15, 0.2) is 11.5 Å². The summed E-state index contributed by atoms with van der Waals surface area (Å²) in [5, 5.41) is 13.4. The first kappa shape index (κ1) is 15.6. The summed E-state index contributed by atoms with van der Waals surface area (Å²) in [5.74, 6) is 0.906. The molecule has 3 aromatic rings. The van der Waals surface area contributed by atoms with Crippen LogP contribution in [0.5, 0.6) is 17.2 Å². The number of H-pyrrole nitrogens is 1. The zero-order valence-corrected chi connectivity index (χ0v) is 13.4. The second-order valence-corrected chi connectivity index (χ2v) is 4.87. The number of para-hydroxylation sites is 1. The third kappa shape index (κ3) is 2.69. The molecule has 3 rings (SSSR count). The van der Waals surface area contributed by atoms with Gasteiger partial charge in [-0.3, -0.25) is 4.79 Å². The molecule has 0 fully saturated rings. The molecule has 1 amide bonds. The van der Waals surface area contributed by atoms with Crippen molar-refractivity contribution in [1.82, 2.24) is 15.4 Å². The Hall–Kier alpha value is -3.29. The highest BCUT2D eigenvalue weighted by Crippen LogP contribution is 2.38. The number of hydrogen-bond acceptors (Lipinski definition) is 6. The number of methoxy groups -OCH3 is 3. The summed E-state index contributed by atoms with van der Waals surface area (Å²) >= 11 is 0. The van der Waals surface area contributed by atoms with Gasteiger partial charge < -0.3 is 19.5 Å². The number of carbonyl (C=O) groups is 1. The molecule has 0 aliphatic rings. The molecule has 8 heteroatoms. The van der Waals surface area contributed by atoms with Crippen molar-refractivity contribution >= 4 is 22.6 Å². The van der Waals surface area contributed by atoms with Crippen molar-refractivity contribution < 1.29 is 19.0 Å². The lowest BCUT2D eigenvalue weighted by Crippen LogP contribution is -2.13. The molecule has 0 aliphatic carbocycles. The lowest BCUT2D eigenvalue weighted by molar-refractivity contribution is 0.102. The lowest BCUT2D eigenvalue weighted by Gasteiger charge is -2.14. The topological polar surface area (TPSA) is 98.4 Å². The van der Waals surface area contributed by atoms with Gasteiger partial charge in [-0.15, -0.1) is 0 Å². The van der Waals surface area contributed by atoms with Crippen LogP contribution in [-0.2, 0) is 0 Å². The van der Waals surface area contributed by atoms with Gasteiger partial charge in [0, 0.05) is 5.56 Å². The summed E-state index contributed by atoms with van der Waals surface area (Å²) in [6.45, 7) is 0. The number of benzene rings is 2. The summed E-state index contributed by atoms with van der Waals surface area (Å²) in [4.78, 5) is 12.6. The van der Waals surface area contributed by atoms with Crippen molar-refractivity contribution in [1.29, 1.82) is 0 Å². The fourth-order valence-corrected chi connectivity index (χ4v) is 2.38. The van der Waals surface area contributed by atoms with Crippen molar-refractivity contribution in [2.45, 2.75) is 0 Å². The SMILES string of the molecule is COc1cc(C(=O)Nc2cccc3n[nH]nc23)cc(OC)c1OC. The van der Waals surface area contributed by atoms with E-state index >= 15 is 0 Å². The van der Waals surface area contributed by atoms with E-state index in [0.717, 1.165) is 0 Å². The zero-order chi connectivity index (χ0) is 17.1. The fraction of sp³-hybridized carbons (Fsp3) is 0.188. The highest BCUT2D eigenvalue weighted by molar-refractivity contribution is 6.08. The summed E-state index contributed by atoms with van der Waals surface area (Å²) < 4.78 is 15.8. The van der Waals surface area contributed by atoms with E-state index in [4.69, 9.17) is 14.2 Å². The number of rotatable bonds is 5. The van der Waals surface area contributed by atoms with Gasteiger partial charge in [0.1, 0.15) is 11.0 Å². The second-order valence-electron chi connectivity index (χ2n) is 4.87. The number of amides is 1. The predicted octanol–water partition coefficient (Wildman–Crippen LogP) is 2.24. The van der Waals surface area contributed by atoms with E-state index in [1.54, 1.807) is 30.3 Å². The van der Waals surface area contributed by atoms with Gasteiger partial charge in [-0.1, -0.05) is 6.07 Å². The van der Waals surface area contributed by atoms with E-state index in [0.29, 0.717) is 39.5 Å². The Morgan fingerprint density at radius 2 is 1.75 bits per heavy atom. The minimum Gasteiger partial charge on any atom is -0.493 e. The van der Waals surface area contributed by atoms with E-state index in [1.807, 2.05) is 0 Å². The van der Waals surface area contributed by atoms with Crippen LogP contribution in [0.4, 0.5) is 5.69 Å². The molecule has 1 aromatic heterocycles. The first-order chi connectivity index (χ1) is 11.7. The minimum atomic E-state index is -0.329. The van der Waals surface area contributed by atoms with Crippen molar-refractivity contribution in [2.24, 2.45) is 0 Å². The van der Waals surface area contributed by atoms with Crippen LogP contribution in [-0.4, -0.2) is 42.6 Å². The van der Waals surface area contributed by atoms with E-state index in [2.05, 4.69) is 20.7 Å². The first-order valence-corrected chi connectivity index (χ1v) is 7.08. The quantitative estimate of drug-likeness (QED) is 0.745. The number of ether oxygens (including phenoxy) is 3. The summed E-state index contributed by atoms with van der Waals surface area (Å²) in [7, 11) is 4.50. The summed E-state index contributed by atoms with van der Waals surface area (Å²) in [6.07, 6.45) is 0. The van der Waals surface area contributed by atoms with Gasteiger partial charge >= 0.3 is 0 Å². The zero-order valence-electron chi connectivity index (χ0n) is 13.4. The van der Waals surface area contributed by atoms with Crippen LogP contribution in [0.2, 0.25) is 0 Å². The Morgan fingerprint density at radius 1 is 1.04 bits per heavy atom. The summed E-state index contributed by atoms with van der Waals surface area (Å²) in [6, 6.07) is 8.50. The molecule has 0 bridgehead atoms. The molecule has 0 saturated heterocycles. The number of aromatic amines is 1. The normalized spacial score (nSPS) is 10.5. The molecule has 0 saturated carbocycles. The number of anilines is 1. The number of fused-ring (bicyclic) bond motifs is 1. The van der Waals surface area contributed by atoms with Gasteiger partial charge in [-0.05, 0) is 24.3 Å². The van der Waals surface area contributed by atoms with Crippen LogP contribution in [0.25, 0.3) is 11.0 Å². The molecule has 124 valence electrons. The van der Waals surface area contributed by atoms with Crippen molar-refractivity contribution in [2.75, 3.05) is 26.6 Å². The molecule has 0 radical (unpaired) electrons. The fourth-order valence-electron chi connectivity index (χ4n) is 2.38. The maximum atomic E-state index is 12.6. The first-order valence-electron chi connectivity index (χ1n) is 7.08. The predicted molar refractivity (Wildman–Crippen MR) is 87.9 cm³/mol. The largest absolute Gasteiger partial charge is 0.493 e. The molecule has 0 aliphatic heterocycles. The molecule has 24 heavy (non-hydrogen) atoms. The average Bonchev–Trinajstić information content (AvgIpc) is 3.10. The number of carbonyl (C=O) groups excluding carboxylic acids is 1.